The first kappa shape index (κ1) is 14.4. The van der Waals surface area contributed by atoms with Crippen molar-refractivity contribution in [1.29, 1.82) is 0 Å². The minimum atomic E-state index is -0.780. The number of hydrogen-bond acceptors (Lipinski definition) is 4. The molecule has 1 aliphatic heterocycles. The van der Waals surface area contributed by atoms with Gasteiger partial charge in [0.1, 0.15) is 6.04 Å². The fourth-order valence-corrected chi connectivity index (χ4v) is 2.07. The number of nitrogens with zero attached hydrogens (tertiary/aromatic N) is 1. The molecule has 0 aliphatic carbocycles. The minimum absolute atomic E-state index is 0.278. The fourth-order valence-electron chi connectivity index (χ4n) is 2.07. The molecule has 5 nitrogen and oxygen atoms in total. The maximum absolute atomic E-state index is 11.1. The largest absolute Gasteiger partial charge is 0.480 e. The Hall–Kier alpha value is -0.650. The van der Waals surface area contributed by atoms with Crippen LogP contribution >= 0.6 is 0 Å². The molecule has 0 bridgehead atoms. The number of likely N-dealkylation sites (N-methyl/N-ethyl adjacent to an activating group) is 1. The van der Waals surface area contributed by atoms with Gasteiger partial charge in [0.05, 0.1) is 6.10 Å². The zero-order chi connectivity index (χ0) is 12.7. The molecule has 1 rings (SSSR count). The van der Waals surface area contributed by atoms with Crippen molar-refractivity contribution in [3.63, 3.8) is 0 Å². The third kappa shape index (κ3) is 5.48. The average molecular weight is 244 g/mol. The van der Waals surface area contributed by atoms with Gasteiger partial charge in [0.2, 0.25) is 0 Å². The smallest absolute Gasteiger partial charge is 0.322 e. The van der Waals surface area contributed by atoms with Gasteiger partial charge in [0.25, 0.3) is 0 Å². The van der Waals surface area contributed by atoms with Crippen molar-refractivity contribution in [2.45, 2.75) is 38.3 Å². The monoisotopic (exact) mass is 244 g/mol. The molecule has 1 saturated heterocycles. The highest BCUT2D eigenvalue weighted by Crippen LogP contribution is 2.12. The van der Waals surface area contributed by atoms with Crippen molar-refractivity contribution in [2.24, 2.45) is 0 Å². The van der Waals surface area contributed by atoms with E-state index in [4.69, 9.17) is 9.84 Å². The van der Waals surface area contributed by atoms with Crippen LogP contribution in [0.3, 0.4) is 0 Å². The van der Waals surface area contributed by atoms with Gasteiger partial charge in [-0.3, -0.25) is 4.79 Å². The number of rotatable bonds is 8. The van der Waals surface area contributed by atoms with E-state index in [2.05, 4.69) is 5.32 Å². The summed E-state index contributed by atoms with van der Waals surface area (Å²) in [6, 6.07) is -0.485. The molecule has 1 aliphatic rings. The molecule has 2 atom stereocenters. The van der Waals surface area contributed by atoms with Crippen LogP contribution < -0.4 is 5.32 Å². The minimum Gasteiger partial charge on any atom is -0.480 e. The molecule has 1 heterocycles. The second kappa shape index (κ2) is 7.63. The molecular formula is C12H24N2O3. The number of nitrogens with one attached hydrogen (secondary N) is 1. The molecule has 1 fully saturated rings. The summed E-state index contributed by atoms with van der Waals surface area (Å²) in [5.74, 6) is -0.780. The summed E-state index contributed by atoms with van der Waals surface area (Å²) in [5, 5.41) is 12.1. The quantitative estimate of drug-likeness (QED) is 0.653. The Morgan fingerprint density at radius 1 is 1.65 bits per heavy atom. The Kier molecular flexibility index (Phi) is 6.47. The van der Waals surface area contributed by atoms with Gasteiger partial charge in [-0.15, -0.1) is 0 Å². The third-order valence-electron chi connectivity index (χ3n) is 2.97. The van der Waals surface area contributed by atoms with Crippen molar-refractivity contribution in [2.75, 3.05) is 33.3 Å². The van der Waals surface area contributed by atoms with E-state index in [1.54, 1.807) is 0 Å². The van der Waals surface area contributed by atoms with E-state index >= 15 is 0 Å². The lowest BCUT2D eigenvalue weighted by Crippen LogP contribution is -2.46. The van der Waals surface area contributed by atoms with Crippen LogP contribution in [0.15, 0.2) is 0 Å². The average Bonchev–Trinajstić information content (AvgIpc) is 2.76. The van der Waals surface area contributed by atoms with Crippen LogP contribution in [-0.2, 0) is 9.53 Å². The molecule has 0 aromatic rings. The molecule has 0 spiro atoms. The van der Waals surface area contributed by atoms with E-state index in [1.165, 1.54) is 0 Å². The maximum atomic E-state index is 11.1. The van der Waals surface area contributed by atoms with Crippen LogP contribution in [0.4, 0.5) is 0 Å². The Morgan fingerprint density at radius 2 is 2.41 bits per heavy atom. The number of carboxylic acids is 1. The molecule has 100 valence electrons. The molecule has 5 heteroatoms. The first-order valence-corrected chi connectivity index (χ1v) is 6.39. The Labute approximate surface area is 103 Å². The fraction of sp³-hybridized carbons (Fsp3) is 0.917. The number of carbonyl (C=O) groups is 1. The van der Waals surface area contributed by atoms with Crippen LogP contribution in [0, 0.1) is 0 Å². The molecule has 0 radical (unpaired) electrons. The summed E-state index contributed by atoms with van der Waals surface area (Å²) in [5.41, 5.74) is 0. The zero-order valence-electron chi connectivity index (χ0n) is 10.8. The van der Waals surface area contributed by atoms with E-state index in [0.29, 0.717) is 6.54 Å². The maximum Gasteiger partial charge on any atom is 0.322 e. The summed E-state index contributed by atoms with van der Waals surface area (Å²) >= 11 is 0. The molecule has 2 N–H and O–H groups in total. The van der Waals surface area contributed by atoms with E-state index in [9.17, 15) is 4.79 Å². The summed E-state index contributed by atoms with van der Waals surface area (Å²) in [6.45, 7) is 4.95. The summed E-state index contributed by atoms with van der Waals surface area (Å²) < 4.78 is 5.54. The van der Waals surface area contributed by atoms with Crippen molar-refractivity contribution in [3.8, 4) is 0 Å². The predicted octanol–water partition coefficient (Wildman–Crippen LogP) is 0.550. The Balaban J connectivity index is 2.29. The van der Waals surface area contributed by atoms with Gasteiger partial charge in [-0.2, -0.15) is 0 Å². The van der Waals surface area contributed by atoms with Gasteiger partial charge in [-0.1, -0.05) is 6.92 Å². The highest BCUT2D eigenvalue weighted by molar-refractivity contribution is 5.73. The Morgan fingerprint density at radius 3 is 2.94 bits per heavy atom. The van der Waals surface area contributed by atoms with E-state index in [-0.39, 0.29) is 6.10 Å². The lowest BCUT2D eigenvalue weighted by Gasteiger charge is -2.24. The number of carboxylic acid groups (broad SMARTS) is 1. The van der Waals surface area contributed by atoms with E-state index in [0.717, 1.165) is 39.0 Å². The molecule has 2 unspecified atom stereocenters. The first-order valence-electron chi connectivity index (χ1n) is 6.39. The molecule has 17 heavy (non-hydrogen) atoms. The van der Waals surface area contributed by atoms with Crippen molar-refractivity contribution >= 4 is 5.97 Å². The van der Waals surface area contributed by atoms with Crippen molar-refractivity contribution in [3.05, 3.63) is 0 Å². The molecule has 0 saturated carbocycles. The molecule has 0 aromatic heterocycles. The van der Waals surface area contributed by atoms with E-state index in [1.807, 2.05) is 18.9 Å². The molecule has 0 amide bonds. The van der Waals surface area contributed by atoms with Gasteiger partial charge in [0.15, 0.2) is 0 Å². The lowest BCUT2D eigenvalue weighted by atomic mass is 10.2. The number of aliphatic carboxylic acids is 1. The lowest BCUT2D eigenvalue weighted by molar-refractivity contribution is -0.140. The van der Waals surface area contributed by atoms with Gasteiger partial charge in [-0.25, -0.2) is 0 Å². The van der Waals surface area contributed by atoms with Crippen LogP contribution in [0.1, 0.15) is 26.2 Å². The van der Waals surface area contributed by atoms with Crippen LogP contribution in [0.2, 0.25) is 0 Å². The van der Waals surface area contributed by atoms with Crippen molar-refractivity contribution in [1.82, 2.24) is 10.2 Å². The van der Waals surface area contributed by atoms with Gasteiger partial charge in [-0.05, 0) is 32.9 Å². The van der Waals surface area contributed by atoms with Crippen LogP contribution in [-0.4, -0.2) is 61.4 Å². The van der Waals surface area contributed by atoms with Crippen LogP contribution in [0.25, 0.3) is 0 Å². The summed E-state index contributed by atoms with van der Waals surface area (Å²) in [6.07, 6.45) is 3.43. The molecular weight excluding hydrogens is 220 g/mol. The highest BCUT2D eigenvalue weighted by Gasteiger charge is 2.22. The number of hydrogen-bond donors (Lipinski definition) is 2. The number of ether oxygens (including phenoxy) is 1. The zero-order valence-corrected chi connectivity index (χ0v) is 10.8. The standard InChI is InChI=1S/C12H24N2O3/c1-3-6-13-11(12(15)16)9-14(2)8-10-5-4-7-17-10/h10-11,13H,3-9H2,1-2H3,(H,15,16). The predicted molar refractivity (Wildman–Crippen MR) is 66.2 cm³/mol. The normalized spacial score (nSPS) is 21.9. The second-order valence-corrected chi connectivity index (χ2v) is 4.70. The van der Waals surface area contributed by atoms with Crippen molar-refractivity contribution < 1.29 is 14.6 Å². The Bertz CT molecular complexity index is 230. The SMILES string of the molecule is CCCNC(CN(C)CC1CCCO1)C(=O)O. The van der Waals surface area contributed by atoms with Gasteiger partial charge in [0, 0.05) is 19.7 Å². The first-order chi connectivity index (χ1) is 8.13. The van der Waals surface area contributed by atoms with Gasteiger partial charge >= 0.3 is 5.97 Å². The van der Waals surface area contributed by atoms with Gasteiger partial charge < -0.3 is 20.1 Å². The summed E-state index contributed by atoms with van der Waals surface area (Å²) in [4.78, 5) is 13.1. The second-order valence-electron chi connectivity index (χ2n) is 4.70. The summed E-state index contributed by atoms with van der Waals surface area (Å²) in [7, 11) is 1.95. The van der Waals surface area contributed by atoms with E-state index < -0.39 is 12.0 Å². The molecule has 0 aromatic carbocycles. The topological polar surface area (TPSA) is 61.8 Å². The highest BCUT2D eigenvalue weighted by atomic mass is 16.5. The van der Waals surface area contributed by atoms with Crippen LogP contribution in [0.5, 0.6) is 0 Å². The third-order valence-corrected chi connectivity index (χ3v) is 2.97.